The van der Waals surface area contributed by atoms with Gasteiger partial charge in [-0.25, -0.2) is 4.98 Å². The number of benzene rings is 1. The van der Waals surface area contributed by atoms with Crippen molar-refractivity contribution < 1.29 is 4.79 Å². The normalized spacial score (nSPS) is 18.9. The Morgan fingerprint density at radius 2 is 2.42 bits per heavy atom. The van der Waals surface area contributed by atoms with E-state index < -0.39 is 0 Å². The molecular weight excluding hydrogens is 240 g/mol. The number of hydrogen-bond donors (Lipinski definition) is 3. The number of aromatic nitrogens is 2. The lowest BCUT2D eigenvalue weighted by Gasteiger charge is -2.09. The third kappa shape index (κ3) is 2.76. The lowest BCUT2D eigenvalue weighted by Crippen LogP contribution is -2.18. The van der Waals surface area contributed by atoms with E-state index >= 15 is 0 Å². The van der Waals surface area contributed by atoms with Crippen molar-refractivity contribution in [2.45, 2.75) is 19.8 Å². The molecule has 3 N–H and O–H groups in total. The van der Waals surface area contributed by atoms with Gasteiger partial charge in [0.25, 0.3) is 0 Å². The molecule has 0 aliphatic carbocycles. The molecule has 100 valence electrons. The van der Waals surface area contributed by atoms with E-state index in [2.05, 4.69) is 20.6 Å². The van der Waals surface area contributed by atoms with Crippen molar-refractivity contribution in [2.75, 3.05) is 18.4 Å². The molecule has 2 aromatic rings. The largest absolute Gasteiger partial charge is 0.342 e. The van der Waals surface area contributed by atoms with Crippen LogP contribution in [0, 0.1) is 12.8 Å². The summed E-state index contributed by atoms with van der Waals surface area (Å²) < 4.78 is 0. The van der Waals surface area contributed by atoms with Gasteiger partial charge in [-0.05, 0) is 50.6 Å². The summed E-state index contributed by atoms with van der Waals surface area (Å²) in [5, 5.41) is 6.23. The van der Waals surface area contributed by atoms with Crippen LogP contribution in [-0.4, -0.2) is 29.0 Å². The number of amides is 1. The minimum atomic E-state index is 0.0873. The van der Waals surface area contributed by atoms with Crippen LogP contribution in [0.3, 0.4) is 0 Å². The van der Waals surface area contributed by atoms with Gasteiger partial charge in [-0.2, -0.15) is 0 Å². The number of H-pyrrole nitrogens is 1. The van der Waals surface area contributed by atoms with E-state index in [9.17, 15) is 4.79 Å². The predicted octanol–water partition coefficient (Wildman–Crippen LogP) is 1.81. The topological polar surface area (TPSA) is 69.8 Å². The molecular formula is C14H18N4O. The van der Waals surface area contributed by atoms with Gasteiger partial charge in [0, 0.05) is 12.1 Å². The molecule has 1 aromatic carbocycles. The summed E-state index contributed by atoms with van der Waals surface area (Å²) in [6, 6.07) is 5.75. The average Bonchev–Trinajstić information content (AvgIpc) is 2.96. The van der Waals surface area contributed by atoms with Crippen LogP contribution in [0.5, 0.6) is 0 Å². The van der Waals surface area contributed by atoms with Gasteiger partial charge in [0.05, 0.1) is 11.0 Å². The van der Waals surface area contributed by atoms with Crippen molar-refractivity contribution >= 4 is 22.6 Å². The standard InChI is InChI=1S/C14H18N4O/c1-9-16-12-3-2-11(7-13(12)17-9)18-14(19)6-10-4-5-15-8-10/h2-3,7,10,15H,4-6,8H2,1H3,(H,16,17)(H,18,19). The maximum atomic E-state index is 11.9. The molecule has 0 spiro atoms. The number of aromatic amines is 1. The smallest absolute Gasteiger partial charge is 0.224 e. The number of nitrogens with zero attached hydrogens (tertiary/aromatic N) is 1. The lowest BCUT2D eigenvalue weighted by molar-refractivity contribution is -0.116. The summed E-state index contributed by atoms with van der Waals surface area (Å²) >= 11 is 0. The van der Waals surface area contributed by atoms with E-state index in [0.717, 1.165) is 42.1 Å². The van der Waals surface area contributed by atoms with E-state index in [0.29, 0.717) is 12.3 Å². The van der Waals surface area contributed by atoms with Crippen molar-refractivity contribution in [1.29, 1.82) is 0 Å². The van der Waals surface area contributed by atoms with E-state index in [1.807, 2.05) is 25.1 Å². The van der Waals surface area contributed by atoms with Crippen LogP contribution in [0.4, 0.5) is 5.69 Å². The molecule has 1 aromatic heterocycles. The fraction of sp³-hybridized carbons (Fsp3) is 0.429. The van der Waals surface area contributed by atoms with Crippen LogP contribution >= 0.6 is 0 Å². The molecule has 1 fully saturated rings. The predicted molar refractivity (Wildman–Crippen MR) is 75.1 cm³/mol. The summed E-state index contributed by atoms with van der Waals surface area (Å²) in [5.74, 6) is 1.44. The molecule has 0 bridgehead atoms. The SMILES string of the molecule is Cc1nc2ccc(NC(=O)CC3CCNC3)cc2[nH]1. The Morgan fingerprint density at radius 1 is 1.53 bits per heavy atom. The van der Waals surface area contributed by atoms with Crippen LogP contribution in [0.2, 0.25) is 0 Å². The minimum Gasteiger partial charge on any atom is -0.342 e. The second-order valence-electron chi connectivity index (χ2n) is 5.17. The number of anilines is 1. The number of hydrogen-bond acceptors (Lipinski definition) is 3. The Bertz CT molecular complexity index is 599. The zero-order valence-corrected chi connectivity index (χ0v) is 11.0. The second kappa shape index (κ2) is 5.01. The monoisotopic (exact) mass is 258 g/mol. The molecule has 1 amide bonds. The first-order chi connectivity index (χ1) is 9.20. The molecule has 0 saturated carbocycles. The number of aryl methyl sites for hydroxylation is 1. The van der Waals surface area contributed by atoms with Crippen molar-refractivity contribution in [1.82, 2.24) is 15.3 Å². The first-order valence-electron chi connectivity index (χ1n) is 6.67. The quantitative estimate of drug-likeness (QED) is 0.786. The van der Waals surface area contributed by atoms with Gasteiger partial charge in [-0.15, -0.1) is 0 Å². The summed E-state index contributed by atoms with van der Waals surface area (Å²) in [5.41, 5.74) is 2.71. The Balaban J connectivity index is 1.68. The number of carbonyl (C=O) groups is 1. The number of carbonyl (C=O) groups excluding carboxylic acids is 1. The molecule has 1 unspecified atom stereocenters. The number of rotatable bonds is 3. The molecule has 5 nitrogen and oxygen atoms in total. The van der Waals surface area contributed by atoms with Crippen LogP contribution in [0.1, 0.15) is 18.7 Å². The molecule has 3 rings (SSSR count). The molecule has 0 radical (unpaired) electrons. The first kappa shape index (κ1) is 12.2. The fourth-order valence-electron chi connectivity index (χ4n) is 2.58. The van der Waals surface area contributed by atoms with Crippen LogP contribution in [-0.2, 0) is 4.79 Å². The Kier molecular flexibility index (Phi) is 3.21. The van der Waals surface area contributed by atoms with Crippen molar-refractivity contribution in [3.05, 3.63) is 24.0 Å². The van der Waals surface area contributed by atoms with Gasteiger partial charge in [0.2, 0.25) is 5.91 Å². The molecule has 19 heavy (non-hydrogen) atoms. The highest BCUT2D eigenvalue weighted by molar-refractivity contribution is 5.93. The molecule has 2 heterocycles. The second-order valence-corrected chi connectivity index (χ2v) is 5.17. The van der Waals surface area contributed by atoms with Gasteiger partial charge < -0.3 is 15.6 Å². The number of fused-ring (bicyclic) bond motifs is 1. The minimum absolute atomic E-state index is 0.0873. The van der Waals surface area contributed by atoms with Gasteiger partial charge in [-0.1, -0.05) is 0 Å². The molecule has 1 atom stereocenters. The van der Waals surface area contributed by atoms with Crippen molar-refractivity contribution in [2.24, 2.45) is 5.92 Å². The third-order valence-electron chi connectivity index (χ3n) is 3.52. The van der Waals surface area contributed by atoms with E-state index in [4.69, 9.17) is 0 Å². The van der Waals surface area contributed by atoms with Crippen LogP contribution in [0.25, 0.3) is 11.0 Å². The highest BCUT2D eigenvalue weighted by atomic mass is 16.1. The van der Waals surface area contributed by atoms with Gasteiger partial charge in [0.1, 0.15) is 5.82 Å². The van der Waals surface area contributed by atoms with E-state index in [-0.39, 0.29) is 5.91 Å². The Labute approximate surface area is 111 Å². The molecule has 1 aliphatic heterocycles. The van der Waals surface area contributed by atoms with Crippen molar-refractivity contribution in [3.63, 3.8) is 0 Å². The van der Waals surface area contributed by atoms with Gasteiger partial charge >= 0.3 is 0 Å². The first-order valence-corrected chi connectivity index (χ1v) is 6.67. The zero-order chi connectivity index (χ0) is 13.2. The maximum Gasteiger partial charge on any atom is 0.224 e. The van der Waals surface area contributed by atoms with Crippen LogP contribution < -0.4 is 10.6 Å². The van der Waals surface area contributed by atoms with E-state index in [1.54, 1.807) is 0 Å². The third-order valence-corrected chi connectivity index (χ3v) is 3.52. The summed E-state index contributed by atoms with van der Waals surface area (Å²) in [4.78, 5) is 19.5. The summed E-state index contributed by atoms with van der Waals surface area (Å²) in [6.45, 7) is 3.90. The number of nitrogens with one attached hydrogen (secondary N) is 3. The highest BCUT2D eigenvalue weighted by Crippen LogP contribution is 2.18. The highest BCUT2D eigenvalue weighted by Gasteiger charge is 2.18. The zero-order valence-electron chi connectivity index (χ0n) is 11.0. The Morgan fingerprint density at radius 3 is 3.21 bits per heavy atom. The van der Waals surface area contributed by atoms with Crippen LogP contribution in [0.15, 0.2) is 18.2 Å². The van der Waals surface area contributed by atoms with Gasteiger partial charge in [0.15, 0.2) is 0 Å². The summed E-state index contributed by atoms with van der Waals surface area (Å²) in [6.07, 6.45) is 1.68. The lowest BCUT2D eigenvalue weighted by atomic mass is 10.0. The maximum absolute atomic E-state index is 11.9. The average molecular weight is 258 g/mol. The molecule has 5 heteroatoms. The number of imidazole rings is 1. The molecule has 1 aliphatic rings. The van der Waals surface area contributed by atoms with Crippen molar-refractivity contribution in [3.8, 4) is 0 Å². The summed E-state index contributed by atoms with van der Waals surface area (Å²) in [7, 11) is 0. The Hall–Kier alpha value is -1.88. The fourth-order valence-corrected chi connectivity index (χ4v) is 2.58. The molecule has 1 saturated heterocycles. The van der Waals surface area contributed by atoms with Gasteiger partial charge in [-0.3, -0.25) is 4.79 Å². The van der Waals surface area contributed by atoms with E-state index in [1.165, 1.54) is 0 Å².